The lowest BCUT2D eigenvalue weighted by atomic mass is 10.1. The lowest BCUT2D eigenvalue weighted by molar-refractivity contribution is -0.384. The summed E-state index contributed by atoms with van der Waals surface area (Å²) in [6.45, 7) is 3.96. The van der Waals surface area contributed by atoms with E-state index in [0.29, 0.717) is 5.69 Å². The van der Waals surface area contributed by atoms with E-state index in [1.807, 2.05) is 38.1 Å². The van der Waals surface area contributed by atoms with E-state index >= 15 is 0 Å². The first kappa shape index (κ1) is 22.0. The number of rotatable bonds is 7. The number of carbonyl (C=O) groups excluding carboxylic acids is 2. The lowest BCUT2D eigenvalue weighted by Crippen LogP contribution is -2.15. The minimum Gasteiger partial charge on any atom is -0.325 e. The monoisotopic (exact) mass is 435 g/mol. The van der Waals surface area contributed by atoms with Crippen LogP contribution in [0.5, 0.6) is 0 Å². The highest BCUT2D eigenvalue weighted by atomic mass is 32.2. The Morgan fingerprint density at radius 2 is 1.71 bits per heavy atom. The molecule has 0 aliphatic heterocycles. The van der Waals surface area contributed by atoms with Crippen molar-refractivity contribution in [1.29, 1.82) is 0 Å². The number of amides is 2. The van der Waals surface area contributed by atoms with Crippen LogP contribution in [-0.4, -0.2) is 22.5 Å². The van der Waals surface area contributed by atoms with E-state index < -0.39 is 10.8 Å². The molecule has 31 heavy (non-hydrogen) atoms. The lowest BCUT2D eigenvalue weighted by Gasteiger charge is -2.11. The van der Waals surface area contributed by atoms with Crippen LogP contribution in [0, 0.1) is 24.0 Å². The summed E-state index contributed by atoms with van der Waals surface area (Å²) in [5, 5.41) is 16.5. The molecule has 0 fully saturated rings. The van der Waals surface area contributed by atoms with Gasteiger partial charge in [-0.2, -0.15) is 0 Å². The highest BCUT2D eigenvalue weighted by Crippen LogP contribution is 2.24. The molecular formula is C23H21N3O4S. The zero-order valence-electron chi connectivity index (χ0n) is 17.0. The second-order valence-electron chi connectivity index (χ2n) is 6.87. The SMILES string of the molecule is Cc1cccc(NC(=O)CSc2cccc(NC(=O)c3cccc([N+](=O)[O-])c3)c2)c1C. The Morgan fingerprint density at radius 1 is 0.968 bits per heavy atom. The molecule has 3 aromatic rings. The Balaban J connectivity index is 1.60. The maximum absolute atomic E-state index is 12.4. The molecule has 0 bridgehead atoms. The summed E-state index contributed by atoms with van der Waals surface area (Å²) >= 11 is 1.35. The van der Waals surface area contributed by atoms with Crippen molar-refractivity contribution >= 4 is 40.6 Å². The van der Waals surface area contributed by atoms with Gasteiger partial charge in [-0.1, -0.05) is 24.3 Å². The first-order valence-corrected chi connectivity index (χ1v) is 10.5. The molecule has 7 nitrogen and oxygen atoms in total. The third kappa shape index (κ3) is 5.93. The molecule has 0 unspecified atom stereocenters. The molecule has 0 atom stereocenters. The number of anilines is 2. The van der Waals surface area contributed by atoms with Gasteiger partial charge in [0, 0.05) is 34.0 Å². The summed E-state index contributed by atoms with van der Waals surface area (Å²) in [5.74, 6) is -0.349. The van der Waals surface area contributed by atoms with E-state index in [1.165, 1.54) is 36.0 Å². The average molecular weight is 436 g/mol. The summed E-state index contributed by atoms with van der Waals surface area (Å²) < 4.78 is 0. The highest BCUT2D eigenvalue weighted by molar-refractivity contribution is 8.00. The van der Waals surface area contributed by atoms with Crippen LogP contribution in [0.4, 0.5) is 17.1 Å². The molecule has 3 rings (SSSR count). The van der Waals surface area contributed by atoms with Crippen molar-refractivity contribution in [3.63, 3.8) is 0 Å². The molecule has 0 aliphatic carbocycles. The number of nitrogens with zero attached hydrogens (tertiary/aromatic N) is 1. The summed E-state index contributed by atoms with van der Waals surface area (Å²) in [6, 6.07) is 18.4. The van der Waals surface area contributed by atoms with Crippen molar-refractivity contribution in [2.24, 2.45) is 0 Å². The van der Waals surface area contributed by atoms with Crippen LogP contribution < -0.4 is 10.6 Å². The van der Waals surface area contributed by atoms with Crippen molar-refractivity contribution in [3.05, 3.63) is 93.5 Å². The Labute approximate surface area is 184 Å². The van der Waals surface area contributed by atoms with Gasteiger partial charge in [0.05, 0.1) is 10.7 Å². The van der Waals surface area contributed by atoms with Crippen molar-refractivity contribution in [2.75, 3.05) is 16.4 Å². The standard InChI is InChI=1S/C23H21N3O4S/c1-15-6-3-11-21(16(15)2)25-22(27)14-31-20-10-5-8-18(13-20)24-23(28)17-7-4-9-19(12-17)26(29)30/h3-13H,14H2,1-2H3,(H,24,28)(H,25,27). The van der Waals surface area contributed by atoms with E-state index in [0.717, 1.165) is 21.7 Å². The zero-order valence-corrected chi connectivity index (χ0v) is 17.9. The van der Waals surface area contributed by atoms with E-state index in [4.69, 9.17) is 0 Å². The number of non-ortho nitro benzene ring substituents is 1. The fraction of sp³-hybridized carbons (Fsp3) is 0.130. The zero-order chi connectivity index (χ0) is 22.4. The molecule has 0 heterocycles. The fourth-order valence-electron chi connectivity index (χ4n) is 2.85. The van der Waals surface area contributed by atoms with E-state index in [2.05, 4.69) is 10.6 Å². The van der Waals surface area contributed by atoms with Crippen LogP contribution in [-0.2, 0) is 4.79 Å². The number of hydrogen-bond acceptors (Lipinski definition) is 5. The van der Waals surface area contributed by atoms with Gasteiger partial charge in [-0.25, -0.2) is 0 Å². The normalized spacial score (nSPS) is 10.4. The second kappa shape index (κ2) is 9.90. The number of carbonyl (C=O) groups is 2. The molecule has 0 saturated carbocycles. The molecule has 0 aliphatic rings. The predicted molar refractivity (Wildman–Crippen MR) is 123 cm³/mol. The second-order valence-corrected chi connectivity index (χ2v) is 7.92. The van der Waals surface area contributed by atoms with Crippen molar-refractivity contribution < 1.29 is 14.5 Å². The minimum absolute atomic E-state index is 0.121. The molecular weight excluding hydrogens is 414 g/mol. The number of nitro benzene ring substituents is 1. The Bertz CT molecular complexity index is 1150. The Morgan fingerprint density at radius 3 is 2.48 bits per heavy atom. The predicted octanol–water partition coefficient (Wildman–Crippen LogP) is 5.19. The number of nitro groups is 1. The number of thioether (sulfide) groups is 1. The van der Waals surface area contributed by atoms with Crippen LogP contribution in [0.15, 0.2) is 71.6 Å². The summed E-state index contributed by atoms with van der Waals surface area (Å²) in [4.78, 5) is 35.9. The van der Waals surface area contributed by atoms with Gasteiger partial charge in [0.1, 0.15) is 0 Å². The maximum Gasteiger partial charge on any atom is 0.270 e. The van der Waals surface area contributed by atoms with Crippen LogP contribution in [0.25, 0.3) is 0 Å². The molecule has 0 radical (unpaired) electrons. The van der Waals surface area contributed by atoms with Crippen LogP contribution in [0.2, 0.25) is 0 Å². The van der Waals surface area contributed by atoms with Gasteiger partial charge < -0.3 is 10.6 Å². The van der Waals surface area contributed by atoms with Gasteiger partial charge in [-0.3, -0.25) is 19.7 Å². The third-order valence-corrected chi connectivity index (χ3v) is 5.65. The van der Waals surface area contributed by atoms with Gasteiger partial charge in [-0.05, 0) is 55.3 Å². The largest absolute Gasteiger partial charge is 0.325 e. The molecule has 3 aromatic carbocycles. The average Bonchev–Trinajstić information content (AvgIpc) is 2.76. The molecule has 8 heteroatoms. The molecule has 2 N–H and O–H groups in total. The van der Waals surface area contributed by atoms with Gasteiger partial charge in [-0.15, -0.1) is 11.8 Å². The molecule has 0 spiro atoms. The summed E-state index contributed by atoms with van der Waals surface area (Å²) in [7, 11) is 0. The molecule has 158 valence electrons. The van der Waals surface area contributed by atoms with Crippen LogP contribution in [0.1, 0.15) is 21.5 Å². The first-order valence-electron chi connectivity index (χ1n) is 9.48. The topological polar surface area (TPSA) is 101 Å². The Hall–Kier alpha value is -3.65. The first-order chi connectivity index (χ1) is 14.8. The smallest absolute Gasteiger partial charge is 0.270 e. The highest BCUT2D eigenvalue weighted by Gasteiger charge is 2.12. The summed E-state index contributed by atoms with van der Waals surface area (Å²) in [6.07, 6.45) is 0. The van der Waals surface area contributed by atoms with E-state index in [1.54, 1.807) is 18.2 Å². The van der Waals surface area contributed by atoms with E-state index in [9.17, 15) is 19.7 Å². The molecule has 0 aromatic heterocycles. The van der Waals surface area contributed by atoms with Gasteiger partial charge in [0.2, 0.25) is 5.91 Å². The van der Waals surface area contributed by atoms with Gasteiger partial charge in [0.15, 0.2) is 0 Å². The van der Waals surface area contributed by atoms with Crippen LogP contribution in [0.3, 0.4) is 0 Å². The van der Waals surface area contributed by atoms with Gasteiger partial charge >= 0.3 is 0 Å². The van der Waals surface area contributed by atoms with Gasteiger partial charge in [0.25, 0.3) is 11.6 Å². The minimum atomic E-state index is -0.544. The number of benzene rings is 3. The third-order valence-electron chi connectivity index (χ3n) is 4.66. The number of aryl methyl sites for hydroxylation is 1. The fourth-order valence-corrected chi connectivity index (χ4v) is 3.60. The van der Waals surface area contributed by atoms with Crippen molar-refractivity contribution in [3.8, 4) is 0 Å². The number of nitrogens with one attached hydrogen (secondary N) is 2. The van der Waals surface area contributed by atoms with Crippen molar-refractivity contribution in [1.82, 2.24) is 0 Å². The number of hydrogen-bond donors (Lipinski definition) is 2. The van der Waals surface area contributed by atoms with Crippen LogP contribution >= 0.6 is 11.8 Å². The Kier molecular flexibility index (Phi) is 7.04. The quantitative estimate of drug-likeness (QED) is 0.302. The maximum atomic E-state index is 12.4. The molecule has 0 saturated heterocycles. The summed E-state index contributed by atoms with van der Waals surface area (Å²) in [5.41, 5.74) is 3.52. The van der Waals surface area contributed by atoms with E-state index in [-0.39, 0.29) is 22.9 Å². The molecule has 2 amide bonds. The van der Waals surface area contributed by atoms with Crippen molar-refractivity contribution in [2.45, 2.75) is 18.7 Å².